The lowest BCUT2D eigenvalue weighted by molar-refractivity contribution is 1.14. The van der Waals surface area contributed by atoms with Crippen molar-refractivity contribution in [1.29, 1.82) is 0 Å². The SMILES string of the molecule is CCN=C/C=C(\C)N. The molecule has 0 rings (SSSR count). The third-order valence-electron chi connectivity index (χ3n) is 0.625. The summed E-state index contributed by atoms with van der Waals surface area (Å²) in [4.78, 5) is 3.93. The predicted molar refractivity (Wildman–Crippen MR) is 37.0 cm³/mol. The summed E-state index contributed by atoms with van der Waals surface area (Å²) < 4.78 is 0. The normalized spacial score (nSPS) is 13.0. The second kappa shape index (κ2) is 4.37. The van der Waals surface area contributed by atoms with Crippen molar-refractivity contribution in [3.63, 3.8) is 0 Å². The highest BCUT2D eigenvalue weighted by Gasteiger charge is 1.68. The summed E-state index contributed by atoms with van der Waals surface area (Å²) in [5, 5.41) is 0. The standard InChI is InChI=1S/C6H12N2/c1-3-8-5-4-6(2)7/h4-5H,3,7H2,1-2H3/b6-4+,8-5?. The Bertz CT molecular complexity index is 99.1. The quantitative estimate of drug-likeness (QED) is 0.530. The third-order valence-corrected chi connectivity index (χ3v) is 0.625. The average molecular weight is 112 g/mol. The van der Waals surface area contributed by atoms with Crippen LogP contribution in [0.4, 0.5) is 0 Å². The molecule has 0 spiro atoms. The van der Waals surface area contributed by atoms with E-state index in [-0.39, 0.29) is 0 Å². The Balaban J connectivity index is 3.42. The van der Waals surface area contributed by atoms with Crippen LogP contribution in [0.15, 0.2) is 16.8 Å². The van der Waals surface area contributed by atoms with Crippen LogP contribution in [0.2, 0.25) is 0 Å². The lowest BCUT2D eigenvalue weighted by Gasteiger charge is -1.81. The van der Waals surface area contributed by atoms with Gasteiger partial charge in [-0.25, -0.2) is 0 Å². The Morgan fingerprint density at radius 3 is 2.75 bits per heavy atom. The number of hydrogen-bond acceptors (Lipinski definition) is 2. The Labute approximate surface area is 50.1 Å². The molecule has 2 nitrogen and oxygen atoms in total. The number of allylic oxidation sites excluding steroid dienone is 2. The lowest BCUT2D eigenvalue weighted by Crippen LogP contribution is -1.89. The number of hydrogen-bond donors (Lipinski definition) is 1. The fourth-order valence-corrected chi connectivity index (χ4v) is 0.276. The summed E-state index contributed by atoms with van der Waals surface area (Å²) in [5.74, 6) is 0. The molecule has 0 heterocycles. The minimum absolute atomic E-state index is 0.794. The van der Waals surface area contributed by atoms with Crippen molar-refractivity contribution in [2.24, 2.45) is 10.7 Å². The summed E-state index contributed by atoms with van der Waals surface area (Å²) in [5.41, 5.74) is 6.10. The minimum Gasteiger partial charge on any atom is -0.402 e. The Hall–Kier alpha value is -0.790. The molecule has 0 fully saturated rings. The van der Waals surface area contributed by atoms with Crippen molar-refractivity contribution in [3.05, 3.63) is 11.8 Å². The van der Waals surface area contributed by atoms with Crippen molar-refractivity contribution < 1.29 is 0 Å². The largest absolute Gasteiger partial charge is 0.402 e. The maximum Gasteiger partial charge on any atom is 0.0360 e. The highest BCUT2D eigenvalue weighted by Crippen LogP contribution is 1.74. The first-order valence-electron chi connectivity index (χ1n) is 2.69. The number of rotatable bonds is 2. The molecule has 0 atom stereocenters. The summed E-state index contributed by atoms with van der Waals surface area (Å²) in [7, 11) is 0. The smallest absolute Gasteiger partial charge is 0.0360 e. The Morgan fingerprint density at radius 1 is 1.75 bits per heavy atom. The van der Waals surface area contributed by atoms with Crippen LogP contribution in [0, 0.1) is 0 Å². The first-order chi connectivity index (χ1) is 3.77. The topological polar surface area (TPSA) is 38.4 Å². The van der Waals surface area contributed by atoms with Gasteiger partial charge in [0.1, 0.15) is 0 Å². The van der Waals surface area contributed by atoms with Gasteiger partial charge >= 0.3 is 0 Å². The molecule has 46 valence electrons. The van der Waals surface area contributed by atoms with Gasteiger partial charge in [-0.3, -0.25) is 4.99 Å². The van der Waals surface area contributed by atoms with Gasteiger partial charge in [-0.1, -0.05) is 0 Å². The molecule has 2 heteroatoms. The molecule has 0 amide bonds. The van der Waals surface area contributed by atoms with Crippen LogP contribution in [0.5, 0.6) is 0 Å². The van der Waals surface area contributed by atoms with Crippen LogP contribution in [0.25, 0.3) is 0 Å². The molecule has 0 aliphatic carbocycles. The summed E-state index contributed by atoms with van der Waals surface area (Å²) in [6.07, 6.45) is 3.50. The van der Waals surface area contributed by atoms with Gasteiger partial charge < -0.3 is 5.73 Å². The van der Waals surface area contributed by atoms with E-state index in [4.69, 9.17) is 5.73 Å². The maximum atomic E-state index is 5.30. The molecule has 2 N–H and O–H groups in total. The molecule has 0 aromatic heterocycles. The molecule has 0 aromatic carbocycles. The van der Waals surface area contributed by atoms with Gasteiger partial charge in [0.2, 0.25) is 0 Å². The fourth-order valence-electron chi connectivity index (χ4n) is 0.276. The molecule has 0 aliphatic rings. The van der Waals surface area contributed by atoms with E-state index in [9.17, 15) is 0 Å². The summed E-state index contributed by atoms with van der Waals surface area (Å²) in [6.45, 7) is 4.64. The van der Waals surface area contributed by atoms with E-state index in [2.05, 4.69) is 4.99 Å². The Kier molecular flexibility index (Phi) is 3.94. The fraction of sp³-hybridized carbons (Fsp3) is 0.500. The first kappa shape index (κ1) is 7.21. The van der Waals surface area contributed by atoms with E-state index < -0.39 is 0 Å². The van der Waals surface area contributed by atoms with E-state index in [1.54, 1.807) is 12.3 Å². The van der Waals surface area contributed by atoms with Crippen molar-refractivity contribution in [2.75, 3.05) is 6.54 Å². The van der Waals surface area contributed by atoms with Gasteiger partial charge in [0, 0.05) is 18.5 Å². The zero-order chi connectivity index (χ0) is 6.41. The van der Waals surface area contributed by atoms with Crippen molar-refractivity contribution in [1.82, 2.24) is 0 Å². The lowest BCUT2D eigenvalue weighted by atomic mass is 10.5. The van der Waals surface area contributed by atoms with Crippen LogP contribution >= 0.6 is 0 Å². The third kappa shape index (κ3) is 5.21. The van der Waals surface area contributed by atoms with Crippen LogP contribution < -0.4 is 5.73 Å². The molecule has 0 radical (unpaired) electrons. The molecular formula is C6H12N2. The molecule has 0 aromatic rings. The second-order valence-electron chi connectivity index (χ2n) is 1.56. The number of nitrogens with two attached hydrogens (primary N) is 1. The van der Waals surface area contributed by atoms with E-state index in [1.807, 2.05) is 13.8 Å². The van der Waals surface area contributed by atoms with E-state index in [1.165, 1.54) is 0 Å². The van der Waals surface area contributed by atoms with E-state index in [0.717, 1.165) is 12.2 Å². The van der Waals surface area contributed by atoms with Crippen LogP contribution in [-0.2, 0) is 0 Å². The van der Waals surface area contributed by atoms with Crippen LogP contribution in [0.1, 0.15) is 13.8 Å². The van der Waals surface area contributed by atoms with Gasteiger partial charge in [0.15, 0.2) is 0 Å². The average Bonchev–Trinajstić information content (AvgIpc) is 1.66. The van der Waals surface area contributed by atoms with Crippen molar-refractivity contribution in [2.45, 2.75) is 13.8 Å². The second-order valence-corrected chi connectivity index (χ2v) is 1.56. The molecule has 0 aliphatic heterocycles. The predicted octanol–water partition coefficient (Wildman–Crippen LogP) is 0.940. The summed E-state index contributed by atoms with van der Waals surface area (Å²) >= 11 is 0. The molecule has 0 saturated heterocycles. The van der Waals surface area contributed by atoms with Gasteiger partial charge in [-0.2, -0.15) is 0 Å². The van der Waals surface area contributed by atoms with E-state index >= 15 is 0 Å². The number of aliphatic imine (C=N–C) groups is 1. The van der Waals surface area contributed by atoms with Crippen molar-refractivity contribution >= 4 is 6.21 Å². The maximum absolute atomic E-state index is 5.30. The van der Waals surface area contributed by atoms with Gasteiger partial charge in [-0.15, -0.1) is 0 Å². The molecule has 0 saturated carbocycles. The highest BCUT2D eigenvalue weighted by atomic mass is 14.7. The van der Waals surface area contributed by atoms with Gasteiger partial charge in [-0.05, 0) is 19.9 Å². The highest BCUT2D eigenvalue weighted by molar-refractivity contribution is 5.71. The molecular weight excluding hydrogens is 100 g/mol. The monoisotopic (exact) mass is 112 g/mol. The zero-order valence-corrected chi connectivity index (χ0v) is 5.39. The number of nitrogens with zero attached hydrogens (tertiary/aromatic N) is 1. The minimum atomic E-state index is 0.794. The van der Waals surface area contributed by atoms with Crippen LogP contribution in [-0.4, -0.2) is 12.8 Å². The van der Waals surface area contributed by atoms with E-state index in [0.29, 0.717) is 0 Å². The van der Waals surface area contributed by atoms with Gasteiger partial charge in [0.25, 0.3) is 0 Å². The van der Waals surface area contributed by atoms with Crippen molar-refractivity contribution in [3.8, 4) is 0 Å². The molecule has 8 heavy (non-hydrogen) atoms. The first-order valence-corrected chi connectivity index (χ1v) is 2.69. The van der Waals surface area contributed by atoms with Gasteiger partial charge in [0.05, 0.1) is 0 Å². The molecule has 0 unspecified atom stereocenters. The summed E-state index contributed by atoms with van der Waals surface area (Å²) in [6, 6.07) is 0. The Morgan fingerprint density at radius 2 is 2.38 bits per heavy atom. The van der Waals surface area contributed by atoms with Crippen LogP contribution in [0.3, 0.4) is 0 Å². The zero-order valence-electron chi connectivity index (χ0n) is 5.39. The molecule has 0 bridgehead atoms.